The average molecular weight is 275 g/mol. The molecule has 1 aromatic heterocycles. The Morgan fingerprint density at radius 2 is 2.21 bits per heavy atom. The Morgan fingerprint density at radius 3 is 3.05 bits per heavy atom. The van der Waals surface area contributed by atoms with Crippen molar-refractivity contribution in [1.29, 1.82) is 0 Å². The minimum Gasteiger partial charge on any atom is -0.496 e. The lowest BCUT2D eigenvalue weighted by Crippen LogP contribution is -2.12. The van der Waals surface area contributed by atoms with Gasteiger partial charge in [0.15, 0.2) is 0 Å². The van der Waals surface area contributed by atoms with Gasteiger partial charge in [-0.25, -0.2) is 0 Å². The van der Waals surface area contributed by atoms with Crippen LogP contribution in [0.2, 0.25) is 0 Å². The maximum atomic E-state index is 11.7. The summed E-state index contributed by atoms with van der Waals surface area (Å²) in [6.07, 6.45) is 1.76. The van der Waals surface area contributed by atoms with Crippen molar-refractivity contribution in [2.45, 2.75) is 5.25 Å². The van der Waals surface area contributed by atoms with Gasteiger partial charge in [0.25, 0.3) is 0 Å². The predicted molar refractivity (Wildman–Crippen MR) is 74.5 cm³/mol. The molecule has 0 fully saturated rings. The molecule has 1 amide bonds. The number of hydrogen-bond acceptors (Lipinski definition) is 4. The molecule has 1 aliphatic heterocycles. The predicted octanol–water partition coefficient (Wildman–Crippen LogP) is 2.19. The van der Waals surface area contributed by atoms with Crippen LogP contribution in [0.5, 0.6) is 5.75 Å². The maximum Gasteiger partial charge on any atom is 0.235 e. The standard InChI is InChI=1S/C13H13N3O2S/c1-18-10-5-3-2-4-8(10)12-9-6-14-16-13(9)15-11(17)7-19-12/h2-6,12H,7H2,1H3,(H2,14,15,16,17)/t12-/m0/s1. The largest absolute Gasteiger partial charge is 0.496 e. The summed E-state index contributed by atoms with van der Waals surface area (Å²) in [6, 6.07) is 7.85. The number of carbonyl (C=O) groups excluding carboxylic acids is 1. The van der Waals surface area contributed by atoms with Crippen molar-refractivity contribution in [2.24, 2.45) is 0 Å². The minimum atomic E-state index is -0.0205. The number of hydrogen-bond donors (Lipinski definition) is 2. The van der Waals surface area contributed by atoms with Crippen LogP contribution in [0.15, 0.2) is 30.5 Å². The van der Waals surface area contributed by atoms with Gasteiger partial charge in [0.2, 0.25) is 5.91 Å². The number of aromatic amines is 1. The molecule has 2 aromatic rings. The molecular weight excluding hydrogens is 262 g/mol. The molecule has 1 atom stereocenters. The number of anilines is 1. The van der Waals surface area contributed by atoms with Gasteiger partial charge in [-0.3, -0.25) is 9.89 Å². The lowest BCUT2D eigenvalue weighted by Gasteiger charge is -2.16. The van der Waals surface area contributed by atoms with Crippen molar-refractivity contribution >= 4 is 23.5 Å². The Hall–Kier alpha value is -1.95. The van der Waals surface area contributed by atoms with Crippen molar-refractivity contribution in [3.8, 4) is 5.75 Å². The second kappa shape index (κ2) is 4.97. The number of carbonyl (C=O) groups is 1. The number of aromatic nitrogens is 2. The lowest BCUT2D eigenvalue weighted by atomic mass is 10.1. The van der Waals surface area contributed by atoms with Crippen molar-refractivity contribution in [2.75, 3.05) is 18.2 Å². The molecule has 19 heavy (non-hydrogen) atoms. The van der Waals surface area contributed by atoms with E-state index < -0.39 is 0 Å². The zero-order valence-corrected chi connectivity index (χ0v) is 11.2. The fourth-order valence-corrected chi connectivity index (χ4v) is 3.28. The van der Waals surface area contributed by atoms with Crippen LogP contribution in [0.4, 0.5) is 5.82 Å². The Balaban J connectivity index is 2.08. The van der Waals surface area contributed by atoms with E-state index in [0.717, 1.165) is 16.9 Å². The van der Waals surface area contributed by atoms with Crippen LogP contribution in [-0.4, -0.2) is 29.0 Å². The number of ether oxygens (including phenoxy) is 1. The Labute approximate surface area is 114 Å². The van der Waals surface area contributed by atoms with Crippen LogP contribution in [-0.2, 0) is 4.79 Å². The third-order valence-corrected chi connectivity index (χ3v) is 4.29. The molecular formula is C13H13N3O2S. The molecule has 1 aromatic carbocycles. The molecule has 2 N–H and O–H groups in total. The molecule has 5 nitrogen and oxygen atoms in total. The molecule has 0 bridgehead atoms. The summed E-state index contributed by atoms with van der Waals surface area (Å²) >= 11 is 1.57. The average Bonchev–Trinajstić information content (AvgIpc) is 2.81. The number of thioether (sulfide) groups is 1. The normalized spacial score (nSPS) is 18.4. The molecule has 98 valence electrons. The highest BCUT2D eigenvalue weighted by Gasteiger charge is 2.27. The van der Waals surface area contributed by atoms with Crippen LogP contribution in [0.25, 0.3) is 0 Å². The number of amides is 1. The second-order valence-corrected chi connectivity index (χ2v) is 5.27. The summed E-state index contributed by atoms with van der Waals surface area (Å²) in [7, 11) is 1.65. The molecule has 0 spiro atoms. The van der Waals surface area contributed by atoms with E-state index in [1.54, 1.807) is 25.1 Å². The van der Waals surface area contributed by atoms with E-state index in [9.17, 15) is 4.79 Å². The summed E-state index contributed by atoms with van der Waals surface area (Å²) in [6.45, 7) is 0. The minimum absolute atomic E-state index is 0.0205. The smallest absolute Gasteiger partial charge is 0.235 e. The Morgan fingerprint density at radius 1 is 1.37 bits per heavy atom. The van der Waals surface area contributed by atoms with E-state index in [2.05, 4.69) is 15.5 Å². The third-order valence-electron chi connectivity index (χ3n) is 3.02. The number of para-hydroxylation sites is 1. The molecule has 0 saturated heterocycles. The zero-order chi connectivity index (χ0) is 13.2. The van der Waals surface area contributed by atoms with Gasteiger partial charge < -0.3 is 10.1 Å². The first-order valence-electron chi connectivity index (χ1n) is 5.87. The second-order valence-electron chi connectivity index (χ2n) is 4.18. The quantitative estimate of drug-likeness (QED) is 0.881. The van der Waals surface area contributed by atoms with Crippen LogP contribution in [0, 0.1) is 0 Å². The van der Waals surface area contributed by atoms with Crippen LogP contribution in [0.1, 0.15) is 16.4 Å². The molecule has 1 aliphatic rings. The highest BCUT2D eigenvalue weighted by molar-refractivity contribution is 8.00. The van der Waals surface area contributed by atoms with Gasteiger partial charge >= 0.3 is 0 Å². The summed E-state index contributed by atoms with van der Waals surface area (Å²) in [5, 5.41) is 9.70. The first kappa shape index (κ1) is 12.1. The van der Waals surface area contributed by atoms with Gasteiger partial charge in [-0.2, -0.15) is 5.10 Å². The number of nitrogens with one attached hydrogen (secondary N) is 2. The summed E-state index contributed by atoms with van der Waals surface area (Å²) in [5.74, 6) is 1.88. The fraction of sp³-hybridized carbons (Fsp3) is 0.231. The number of benzene rings is 1. The molecule has 0 saturated carbocycles. The van der Waals surface area contributed by atoms with E-state index in [4.69, 9.17) is 4.74 Å². The van der Waals surface area contributed by atoms with Crippen LogP contribution in [0.3, 0.4) is 0 Å². The van der Waals surface area contributed by atoms with Gasteiger partial charge in [-0.05, 0) is 6.07 Å². The Kier molecular flexibility index (Phi) is 3.16. The molecule has 2 heterocycles. The van der Waals surface area contributed by atoms with E-state index in [1.165, 1.54) is 0 Å². The maximum absolute atomic E-state index is 11.7. The highest BCUT2D eigenvalue weighted by Crippen LogP contribution is 2.43. The molecule has 0 aliphatic carbocycles. The van der Waals surface area contributed by atoms with Crippen molar-refractivity contribution in [3.05, 3.63) is 41.6 Å². The third kappa shape index (κ3) is 2.19. The van der Waals surface area contributed by atoms with Gasteiger partial charge in [-0.1, -0.05) is 18.2 Å². The van der Waals surface area contributed by atoms with Crippen molar-refractivity contribution in [1.82, 2.24) is 10.2 Å². The number of H-pyrrole nitrogens is 1. The number of methoxy groups -OCH3 is 1. The monoisotopic (exact) mass is 275 g/mol. The fourth-order valence-electron chi connectivity index (χ4n) is 2.16. The topological polar surface area (TPSA) is 67.0 Å². The number of rotatable bonds is 2. The first-order valence-corrected chi connectivity index (χ1v) is 6.92. The SMILES string of the molecule is COc1ccccc1[C@@H]1SCC(=O)Nc2[nH]ncc21. The van der Waals surface area contributed by atoms with E-state index in [1.807, 2.05) is 24.3 Å². The number of nitrogens with zero attached hydrogens (tertiary/aromatic N) is 1. The number of fused-ring (bicyclic) bond motifs is 1. The van der Waals surface area contributed by atoms with E-state index in [0.29, 0.717) is 11.6 Å². The summed E-state index contributed by atoms with van der Waals surface area (Å²) < 4.78 is 5.41. The molecule has 0 radical (unpaired) electrons. The zero-order valence-electron chi connectivity index (χ0n) is 10.3. The van der Waals surface area contributed by atoms with Gasteiger partial charge in [-0.15, -0.1) is 11.8 Å². The van der Waals surface area contributed by atoms with Gasteiger partial charge in [0.05, 0.1) is 24.3 Å². The molecule has 3 rings (SSSR count). The van der Waals surface area contributed by atoms with E-state index in [-0.39, 0.29) is 11.2 Å². The van der Waals surface area contributed by atoms with Crippen LogP contribution < -0.4 is 10.1 Å². The van der Waals surface area contributed by atoms with Crippen molar-refractivity contribution < 1.29 is 9.53 Å². The summed E-state index contributed by atoms with van der Waals surface area (Å²) in [5.41, 5.74) is 2.02. The highest BCUT2D eigenvalue weighted by atomic mass is 32.2. The van der Waals surface area contributed by atoms with Crippen LogP contribution >= 0.6 is 11.8 Å². The first-order chi connectivity index (χ1) is 9.29. The van der Waals surface area contributed by atoms with Gasteiger partial charge in [0.1, 0.15) is 11.6 Å². The lowest BCUT2D eigenvalue weighted by molar-refractivity contribution is -0.113. The summed E-state index contributed by atoms with van der Waals surface area (Å²) in [4.78, 5) is 11.7. The van der Waals surface area contributed by atoms with Gasteiger partial charge in [0, 0.05) is 11.1 Å². The Bertz CT molecular complexity index is 611. The molecule has 0 unspecified atom stereocenters. The van der Waals surface area contributed by atoms with Crippen molar-refractivity contribution in [3.63, 3.8) is 0 Å². The van der Waals surface area contributed by atoms with E-state index >= 15 is 0 Å². The molecule has 6 heteroatoms.